The van der Waals surface area contributed by atoms with E-state index in [2.05, 4.69) is 6.92 Å². The molecule has 2 aromatic rings. The molecule has 2 unspecified atom stereocenters. The summed E-state index contributed by atoms with van der Waals surface area (Å²) in [4.78, 5) is 64.0. The van der Waals surface area contributed by atoms with Crippen LogP contribution in [-0.2, 0) is 36.6 Å². The van der Waals surface area contributed by atoms with E-state index in [1.165, 1.54) is 30.7 Å². The molecule has 2 aromatic carbocycles. The quantitative estimate of drug-likeness (QED) is 0.0775. The van der Waals surface area contributed by atoms with Crippen LogP contribution in [0.15, 0.2) is 36.4 Å². The molecule has 4 rings (SSSR count). The number of hydrogen-bond donors (Lipinski definition) is 4. The number of aromatic carboxylic acids is 1. The van der Waals surface area contributed by atoms with E-state index in [0.29, 0.717) is 43.6 Å². The lowest BCUT2D eigenvalue weighted by Crippen LogP contribution is -2.22. The average molecular weight is 673 g/mol. The smallest absolute Gasteiger partial charge is 0.346 e. The highest BCUT2D eigenvalue weighted by Crippen LogP contribution is 2.26. The molecule has 0 aromatic heterocycles. The zero-order valence-electron chi connectivity index (χ0n) is 27.1. The zero-order valence-corrected chi connectivity index (χ0v) is 27.1. The van der Waals surface area contributed by atoms with E-state index in [0.717, 1.165) is 32.1 Å². The maximum atomic E-state index is 13.2. The van der Waals surface area contributed by atoms with Gasteiger partial charge < -0.3 is 39.4 Å². The van der Waals surface area contributed by atoms with E-state index in [-0.39, 0.29) is 54.1 Å². The first-order valence-electron chi connectivity index (χ1n) is 16.2. The summed E-state index contributed by atoms with van der Waals surface area (Å²) in [5.41, 5.74) is -0.245. The molecule has 0 radical (unpaired) electrons. The standard InChI is InChI=1S/C32H36O10.C3H8O3/c1-2-3-4-5-6-7-8-15-26(33)41-32(38)28-21(17-23-19-40-23)12-10-14-25(28)31(37)42-30(36)24-13-9-11-20(16-22-18-39-22)27(24)29(34)35;4-1-3(6)2-5/h9-14,22-23H,2-8,15-19H2,1H3,(H,34,35);3-6H,1-2H2. The van der Waals surface area contributed by atoms with Crippen molar-refractivity contribution in [2.45, 2.75) is 89.4 Å². The molecule has 2 saturated heterocycles. The SMILES string of the molecule is CCCCCCCCCC(=O)OC(=O)c1c(CC2CO2)cccc1C(=O)OC(=O)c1cccc(CC2CO2)c1C(=O)O.OCC(O)CO. The maximum Gasteiger partial charge on any atom is 0.346 e. The van der Waals surface area contributed by atoms with Crippen LogP contribution in [0.5, 0.6) is 0 Å². The van der Waals surface area contributed by atoms with Crippen molar-refractivity contribution < 1.29 is 63.3 Å². The Labute approximate surface area is 278 Å². The highest BCUT2D eigenvalue weighted by molar-refractivity contribution is 6.12. The molecule has 4 N–H and O–H groups in total. The zero-order chi connectivity index (χ0) is 35.1. The van der Waals surface area contributed by atoms with Crippen LogP contribution in [0.4, 0.5) is 0 Å². The Hall–Kier alpha value is -4.01. The van der Waals surface area contributed by atoms with Crippen LogP contribution in [0.1, 0.15) is 111 Å². The first-order valence-corrected chi connectivity index (χ1v) is 16.2. The minimum Gasteiger partial charge on any atom is -0.478 e. The summed E-state index contributed by atoms with van der Waals surface area (Å²) in [6.07, 6.45) is 6.42. The van der Waals surface area contributed by atoms with E-state index in [1.54, 1.807) is 12.1 Å². The van der Waals surface area contributed by atoms with Crippen molar-refractivity contribution in [3.63, 3.8) is 0 Å². The minimum atomic E-state index is -1.35. The topological polar surface area (TPSA) is 210 Å². The molecule has 0 spiro atoms. The van der Waals surface area contributed by atoms with Crippen molar-refractivity contribution in [3.05, 3.63) is 69.8 Å². The summed E-state index contributed by atoms with van der Waals surface area (Å²) in [7, 11) is 0. The Balaban J connectivity index is 0.000000952. The number of ether oxygens (including phenoxy) is 4. The Morgan fingerprint density at radius 3 is 1.67 bits per heavy atom. The van der Waals surface area contributed by atoms with Crippen LogP contribution < -0.4 is 0 Å². The van der Waals surface area contributed by atoms with Gasteiger partial charge in [0.05, 0.1) is 60.9 Å². The number of carbonyl (C=O) groups excluding carboxylic acids is 4. The Morgan fingerprint density at radius 1 is 0.729 bits per heavy atom. The van der Waals surface area contributed by atoms with Gasteiger partial charge in [0.1, 0.15) is 6.10 Å². The first kappa shape index (κ1) is 38.4. The lowest BCUT2D eigenvalue weighted by molar-refractivity contribution is -0.138. The second-order valence-electron chi connectivity index (χ2n) is 11.6. The van der Waals surface area contributed by atoms with Gasteiger partial charge >= 0.3 is 29.8 Å². The molecule has 13 nitrogen and oxygen atoms in total. The normalized spacial score (nSPS) is 16.0. The van der Waals surface area contributed by atoms with Crippen molar-refractivity contribution in [3.8, 4) is 0 Å². The number of aliphatic hydroxyl groups excluding tert-OH is 3. The van der Waals surface area contributed by atoms with E-state index < -0.39 is 36.0 Å². The van der Waals surface area contributed by atoms with Gasteiger partial charge in [-0.15, -0.1) is 0 Å². The number of aliphatic hydroxyl groups is 3. The van der Waals surface area contributed by atoms with Gasteiger partial charge in [0.15, 0.2) is 0 Å². The molecule has 262 valence electrons. The van der Waals surface area contributed by atoms with Crippen molar-refractivity contribution >= 4 is 29.8 Å². The van der Waals surface area contributed by atoms with Crippen LogP contribution in [0.2, 0.25) is 0 Å². The van der Waals surface area contributed by atoms with Crippen LogP contribution in [-0.4, -0.2) is 95.0 Å². The number of unbranched alkanes of at least 4 members (excludes halogenated alkanes) is 6. The number of rotatable bonds is 18. The number of benzene rings is 2. The fourth-order valence-corrected chi connectivity index (χ4v) is 4.92. The Morgan fingerprint density at radius 2 is 1.21 bits per heavy atom. The van der Waals surface area contributed by atoms with Gasteiger partial charge in [-0.3, -0.25) is 4.79 Å². The molecule has 48 heavy (non-hydrogen) atoms. The predicted molar refractivity (Wildman–Crippen MR) is 170 cm³/mol. The molecule has 0 saturated carbocycles. The highest BCUT2D eigenvalue weighted by atomic mass is 16.6. The monoisotopic (exact) mass is 672 g/mol. The van der Waals surface area contributed by atoms with Crippen LogP contribution in [0.25, 0.3) is 0 Å². The average Bonchev–Trinajstić information content (AvgIpc) is 4.01. The van der Waals surface area contributed by atoms with Gasteiger partial charge in [-0.05, 0) is 29.7 Å². The largest absolute Gasteiger partial charge is 0.478 e. The molecule has 0 aliphatic carbocycles. The van der Waals surface area contributed by atoms with Gasteiger partial charge in [-0.2, -0.15) is 0 Å². The van der Waals surface area contributed by atoms with Crippen LogP contribution in [0.3, 0.4) is 0 Å². The Bertz CT molecular complexity index is 1410. The summed E-state index contributed by atoms with van der Waals surface area (Å²) in [5.74, 6) is -5.42. The molecular weight excluding hydrogens is 628 g/mol. The van der Waals surface area contributed by atoms with E-state index in [4.69, 9.17) is 34.3 Å². The second-order valence-corrected chi connectivity index (χ2v) is 11.6. The van der Waals surface area contributed by atoms with Gasteiger partial charge in [-0.1, -0.05) is 69.7 Å². The molecule has 2 aliphatic rings. The van der Waals surface area contributed by atoms with Gasteiger partial charge in [0.2, 0.25) is 0 Å². The van der Waals surface area contributed by atoms with E-state index in [9.17, 15) is 29.1 Å². The van der Waals surface area contributed by atoms with Gasteiger partial charge in [0, 0.05) is 19.3 Å². The van der Waals surface area contributed by atoms with Crippen molar-refractivity contribution in [2.24, 2.45) is 0 Å². The molecule has 2 heterocycles. The molecule has 0 amide bonds. The lowest BCUT2D eigenvalue weighted by atomic mass is 9.97. The number of hydrogen-bond acceptors (Lipinski definition) is 12. The fourth-order valence-electron chi connectivity index (χ4n) is 4.92. The maximum absolute atomic E-state index is 13.2. The van der Waals surface area contributed by atoms with E-state index >= 15 is 0 Å². The fraction of sp³-hybridized carbons (Fsp3) is 0.514. The minimum absolute atomic E-state index is 0.0614. The lowest BCUT2D eigenvalue weighted by Gasteiger charge is -2.14. The number of epoxide rings is 2. The summed E-state index contributed by atoms with van der Waals surface area (Å²) >= 11 is 0. The summed E-state index contributed by atoms with van der Waals surface area (Å²) in [6, 6.07) is 8.77. The van der Waals surface area contributed by atoms with Gasteiger partial charge in [-0.25, -0.2) is 19.2 Å². The number of carboxylic acid groups (broad SMARTS) is 1. The summed E-state index contributed by atoms with van der Waals surface area (Å²) in [6.45, 7) is 2.40. The van der Waals surface area contributed by atoms with Crippen molar-refractivity contribution in [2.75, 3.05) is 26.4 Å². The summed E-state index contributed by atoms with van der Waals surface area (Å²) in [5, 5.41) is 33.8. The molecule has 2 atom stereocenters. The second kappa shape index (κ2) is 19.7. The Kier molecular flexibility index (Phi) is 15.8. The third kappa shape index (κ3) is 12.5. The van der Waals surface area contributed by atoms with Gasteiger partial charge in [0.25, 0.3) is 0 Å². The molecule has 0 bridgehead atoms. The number of esters is 4. The van der Waals surface area contributed by atoms with Crippen molar-refractivity contribution in [1.82, 2.24) is 0 Å². The molecule has 13 heteroatoms. The number of carboxylic acids is 1. The van der Waals surface area contributed by atoms with E-state index in [1.807, 2.05) is 0 Å². The highest BCUT2D eigenvalue weighted by Gasteiger charge is 2.32. The van der Waals surface area contributed by atoms with Crippen LogP contribution in [0, 0.1) is 0 Å². The van der Waals surface area contributed by atoms with Crippen LogP contribution >= 0.6 is 0 Å². The molecular formula is C35H44O13. The molecule has 2 aliphatic heterocycles. The predicted octanol–water partition coefficient (Wildman–Crippen LogP) is 3.42. The summed E-state index contributed by atoms with van der Waals surface area (Å²) < 4.78 is 20.7. The molecule has 2 fully saturated rings. The third-order valence-electron chi connectivity index (χ3n) is 7.66. The first-order chi connectivity index (χ1) is 23.1. The third-order valence-corrected chi connectivity index (χ3v) is 7.66. The number of carbonyl (C=O) groups is 5. The van der Waals surface area contributed by atoms with Crippen molar-refractivity contribution in [1.29, 1.82) is 0 Å².